The van der Waals surface area contributed by atoms with Gasteiger partial charge >= 0.3 is 0 Å². The molecule has 0 bridgehead atoms. The quantitative estimate of drug-likeness (QED) is 0.483. The van der Waals surface area contributed by atoms with E-state index in [0.29, 0.717) is 11.3 Å². The largest absolute Gasteiger partial charge is 0.506 e. The van der Waals surface area contributed by atoms with E-state index in [9.17, 15) is 18.3 Å². The minimum atomic E-state index is -3.58. The van der Waals surface area contributed by atoms with Gasteiger partial charge in [-0.15, -0.1) is 0 Å². The normalized spacial score (nSPS) is 13.9. The van der Waals surface area contributed by atoms with E-state index in [2.05, 4.69) is 55.1 Å². The Morgan fingerprint density at radius 2 is 1.64 bits per heavy atom. The topological polar surface area (TPSA) is 98.7 Å². The van der Waals surface area contributed by atoms with E-state index in [1.807, 2.05) is 12.1 Å². The Morgan fingerprint density at radius 1 is 0.970 bits per heavy atom. The van der Waals surface area contributed by atoms with E-state index in [0.717, 1.165) is 23.1 Å². The molecule has 3 aromatic rings. The lowest BCUT2D eigenvalue weighted by molar-refractivity contribution is 0.0986. The molecular formula is C25H27N3O4S. The molecule has 3 aromatic carbocycles. The van der Waals surface area contributed by atoms with Gasteiger partial charge in [-0.3, -0.25) is 14.4 Å². The van der Waals surface area contributed by atoms with Crippen LogP contribution in [0.25, 0.3) is 11.1 Å². The molecular weight excluding hydrogens is 438 g/mol. The van der Waals surface area contributed by atoms with Crippen LogP contribution in [-0.2, 0) is 15.4 Å². The van der Waals surface area contributed by atoms with Crippen LogP contribution < -0.4 is 14.9 Å². The Kier molecular flexibility index (Phi) is 5.57. The van der Waals surface area contributed by atoms with Crippen LogP contribution in [0, 0.1) is 0 Å². The zero-order chi connectivity index (χ0) is 24.0. The van der Waals surface area contributed by atoms with E-state index in [4.69, 9.17) is 0 Å². The van der Waals surface area contributed by atoms with Crippen molar-refractivity contribution in [3.05, 3.63) is 71.8 Å². The molecule has 1 amide bonds. The number of rotatable bonds is 4. The molecule has 1 aliphatic heterocycles. The molecule has 7 nitrogen and oxygen atoms in total. The molecule has 8 heteroatoms. The first kappa shape index (κ1) is 22.7. The number of nitrogens with one attached hydrogen (secondary N) is 2. The van der Waals surface area contributed by atoms with Crippen LogP contribution in [0.2, 0.25) is 0 Å². The number of phenolic OH excluding ortho intramolecular Hbond substituents is 1. The summed E-state index contributed by atoms with van der Waals surface area (Å²) in [6.07, 6.45) is 0.997. The number of carbonyl (C=O) groups is 1. The molecule has 0 unspecified atom stereocenters. The fourth-order valence-corrected chi connectivity index (χ4v) is 4.35. The van der Waals surface area contributed by atoms with Crippen molar-refractivity contribution in [3.8, 4) is 16.9 Å². The summed E-state index contributed by atoms with van der Waals surface area (Å²) in [4.78, 5) is 14.7. The van der Waals surface area contributed by atoms with E-state index in [1.54, 1.807) is 12.1 Å². The van der Waals surface area contributed by atoms with Crippen molar-refractivity contribution in [2.75, 3.05) is 27.9 Å². The average molecular weight is 466 g/mol. The van der Waals surface area contributed by atoms with E-state index in [-0.39, 0.29) is 29.4 Å². The van der Waals surface area contributed by atoms with Crippen molar-refractivity contribution in [2.24, 2.45) is 0 Å². The van der Waals surface area contributed by atoms with Crippen molar-refractivity contribution in [2.45, 2.75) is 26.2 Å². The zero-order valence-electron chi connectivity index (χ0n) is 19.0. The maximum Gasteiger partial charge on any atom is 0.261 e. The first-order chi connectivity index (χ1) is 15.4. The van der Waals surface area contributed by atoms with Crippen molar-refractivity contribution < 1.29 is 18.3 Å². The molecule has 0 atom stereocenters. The number of hydrogen-bond acceptors (Lipinski definition) is 5. The van der Waals surface area contributed by atoms with E-state index < -0.39 is 10.0 Å². The van der Waals surface area contributed by atoms with Crippen LogP contribution in [0.15, 0.2) is 60.7 Å². The molecule has 172 valence electrons. The van der Waals surface area contributed by atoms with E-state index in [1.165, 1.54) is 22.6 Å². The highest BCUT2D eigenvalue weighted by molar-refractivity contribution is 7.92. The van der Waals surface area contributed by atoms with Gasteiger partial charge in [0.25, 0.3) is 5.91 Å². The second kappa shape index (κ2) is 8.12. The van der Waals surface area contributed by atoms with Gasteiger partial charge in [0, 0.05) is 11.4 Å². The summed E-state index contributed by atoms with van der Waals surface area (Å²) in [7, 11) is -3.58. The van der Waals surface area contributed by atoms with Gasteiger partial charge in [0.2, 0.25) is 10.0 Å². The molecule has 33 heavy (non-hydrogen) atoms. The predicted molar refractivity (Wildman–Crippen MR) is 132 cm³/mol. The molecule has 1 heterocycles. The van der Waals surface area contributed by atoms with Crippen LogP contribution in [0.4, 0.5) is 17.1 Å². The number of hydrogen-bond donors (Lipinski definition) is 3. The number of benzene rings is 3. The summed E-state index contributed by atoms with van der Waals surface area (Å²) in [5.74, 6) is -0.432. The highest BCUT2D eigenvalue weighted by Gasteiger charge is 2.26. The molecule has 3 N–H and O–H groups in total. The fraction of sp³-hybridized carbons (Fsp3) is 0.240. The molecule has 0 aliphatic carbocycles. The van der Waals surface area contributed by atoms with Gasteiger partial charge in [-0.05, 0) is 52.4 Å². The van der Waals surface area contributed by atoms with Gasteiger partial charge in [-0.1, -0.05) is 51.1 Å². The van der Waals surface area contributed by atoms with Crippen molar-refractivity contribution in [3.63, 3.8) is 0 Å². The van der Waals surface area contributed by atoms with Gasteiger partial charge in [0.15, 0.2) is 0 Å². The number of aromatic hydroxyl groups is 1. The molecule has 0 aromatic heterocycles. The highest BCUT2D eigenvalue weighted by atomic mass is 32.2. The van der Waals surface area contributed by atoms with E-state index >= 15 is 0 Å². The zero-order valence-corrected chi connectivity index (χ0v) is 19.8. The Balaban J connectivity index is 1.61. The van der Waals surface area contributed by atoms with Crippen LogP contribution in [-0.4, -0.2) is 32.4 Å². The number of anilines is 3. The number of nitrogens with zero attached hydrogens (tertiary/aromatic N) is 1. The van der Waals surface area contributed by atoms with Gasteiger partial charge in [-0.2, -0.15) is 0 Å². The standard InChI is InChI=1S/C25H27N3O4S/c1-25(2,3)18-8-5-16(6-9-18)17-7-11-20-21(13-17)26-15-28(24(20)30)19-10-12-23(29)22(14-19)27-33(4,31)32/h5-14,26-27,29H,15H2,1-4H3. The van der Waals surface area contributed by atoms with Gasteiger partial charge < -0.3 is 10.4 Å². The Labute approximate surface area is 194 Å². The average Bonchev–Trinajstić information content (AvgIpc) is 2.74. The molecule has 0 saturated carbocycles. The number of carbonyl (C=O) groups excluding carboxylic acids is 1. The summed E-state index contributed by atoms with van der Waals surface area (Å²) < 4.78 is 25.4. The predicted octanol–water partition coefficient (Wildman–Crippen LogP) is 4.76. The minimum absolute atomic E-state index is 0.0163. The number of sulfonamides is 1. The Hall–Kier alpha value is -3.52. The molecule has 0 spiro atoms. The number of fused-ring (bicyclic) bond motifs is 1. The van der Waals surface area contributed by atoms with Gasteiger partial charge in [0.1, 0.15) is 5.75 Å². The lowest BCUT2D eigenvalue weighted by Gasteiger charge is -2.30. The third-order valence-electron chi connectivity index (χ3n) is 5.59. The van der Waals surface area contributed by atoms with Crippen LogP contribution in [0.5, 0.6) is 5.75 Å². The molecule has 0 saturated heterocycles. The lowest BCUT2D eigenvalue weighted by Crippen LogP contribution is -2.40. The summed E-state index contributed by atoms with van der Waals surface area (Å²) in [5, 5.41) is 13.2. The highest BCUT2D eigenvalue weighted by Crippen LogP contribution is 2.34. The third kappa shape index (κ3) is 4.80. The summed E-state index contributed by atoms with van der Waals surface area (Å²) >= 11 is 0. The molecule has 4 rings (SSSR count). The summed E-state index contributed by atoms with van der Waals surface area (Å²) in [5.41, 5.74) is 5.14. The second-order valence-electron chi connectivity index (χ2n) is 9.23. The molecule has 1 aliphatic rings. The summed E-state index contributed by atoms with van der Waals surface area (Å²) in [6.45, 7) is 6.74. The maximum atomic E-state index is 13.2. The van der Waals surface area contributed by atoms with Crippen LogP contribution in [0.1, 0.15) is 36.7 Å². The lowest BCUT2D eigenvalue weighted by atomic mass is 9.86. The number of amides is 1. The third-order valence-corrected chi connectivity index (χ3v) is 6.18. The first-order valence-corrected chi connectivity index (χ1v) is 12.4. The van der Waals surface area contributed by atoms with Crippen molar-refractivity contribution >= 4 is 33.0 Å². The minimum Gasteiger partial charge on any atom is -0.506 e. The first-order valence-electron chi connectivity index (χ1n) is 10.5. The maximum absolute atomic E-state index is 13.2. The van der Waals surface area contributed by atoms with Gasteiger partial charge in [-0.25, -0.2) is 8.42 Å². The van der Waals surface area contributed by atoms with Crippen molar-refractivity contribution in [1.29, 1.82) is 0 Å². The smallest absolute Gasteiger partial charge is 0.261 e. The molecule has 0 fully saturated rings. The summed E-state index contributed by atoms with van der Waals surface area (Å²) in [6, 6.07) is 18.5. The van der Waals surface area contributed by atoms with Crippen LogP contribution in [0.3, 0.4) is 0 Å². The van der Waals surface area contributed by atoms with Crippen LogP contribution >= 0.6 is 0 Å². The molecule has 0 radical (unpaired) electrons. The Bertz CT molecular complexity index is 1330. The van der Waals surface area contributed by atoms with Gasteiger partial charge in [0.05, 0.1) is 24.2 Å². The van der Waals surface area contributed by atoms with Crippen molar-refractivity contribution in [1.82, 2.24) is 0 Å². The Morgan fingerprint density at radius 3 is 2.27 bits per heavy atom. The fourth-order valence-electron chi connectivity index (χ4n) is 3.78. The monoisotopic (exact) mass is 465 g/mol. The second-order valence-corrected chi connectivity index (χ2v) is 11.0. The SMILES string of the molecule is CC(C)(C)c1ccc(-c2ccc3c(c2)NCN(c2ccc(O)c(NS(C)(=O)=O)c2)C3=O)cc1. The number of phenols is 1.